The summed E-state index contributed by atoms with van der Waals surface area (Å²) in [6.07, 6.45) is 10.5. The number of nitrogens with zero attached hydrogens (tertiary/aromatic N) is 5. The number of halogens is 2. The molecule has 0 saturated heterocycles. The Balaban J connectivity index is 0.000000192. The molecule has 1 aromatic carbocycles. The van der Waals surface area contributed by atoms with Crippen LogP contribution in [0.15, 0.2) is 120 Å². The largest absolute Gasteiger partial charge is 0.670 e. The van der Waals surface area contributed by atoms with Crippen LogP contribution in [0, 0.1) is 5.41 Å². The maximum Gasteiger partial charge on any atom is 0.0886 e. The number of hydrogen-bond acceptors (Lipinski definition) is 3. The van der Waals surface area contributed by atoms with Crippen LogP contribution in [0.1, 0.15) is 20.8 Å². The molecule has 0 aliphatic heterocycles. The van der Waals surface area contributed by atoms with E-state index in [0.29, 0.717) is 10.0 Å². The van der Waals surface area contributed by atoms with Gasteiger partial charge in [0.15, 0.2) is 0 Å². The zero-order chi connectivity index (χ0) is 26.8. The van der Waals surface area contributed by atoms with Crippen molar-refractivity contribution in [3.63, 3.8) is 0 Å². The van der Waals surface area contributed by atoms with Crippen molar-refractivity contribution < 1.29 is 17.9 Å². The third kappa shape index (κ3) is 13.8. The summed E-state index contributed by atoms with van der Waals surface area (Å²) in [6.45, 7) is 6.50. The van der Waals surface area contributed by atoms with Gasteiger partial charge in [0, 0.05) is 12.4 Å². The van der Waals surface area contributed by atoms with Gasteiger partial charge in [0.25, 0.3) is 0 Å². The van der Waals surface area contributed by atoms with Crippen LogP contribution < -0.4 is 9.97 Å². The molecular weight excluding hydrogens is 585 g/mol. The average Bonchev–Trinajstić information content (AvgIpc) is 3.67. The van der Waals surface area contributed by atoms with Gasteiger partial charge in [-0.25, -0.2) is 0 Å². The Morgan fingerprint density at radius 1 is 0.676 bits per heavy atom. The van der Waals surface area contributed by atoms with Crippen LogP contribution in [0.25, 0.3) is 11.4 Å². The van der Waals surface area contributed by atoms with E-state index in [-0.39, 0.29) is 5.41 Å². The summed E-state index contributed by atoms with van der Waals surface area (Å²) in [4.78, 5) is 15.8. The van der Waals surface area contributed by atoms with Crippen molar-refractivity contribution in [2.24, 2.45) is 8.91 Å². The Kier molecular flexibility index (Phi) is 14.3. The molecule has 5 nitrogen and oxygen atoms in total. The van der Waals surface area contributed by atoms with Gasteiger partial charge in [-0.1, -0.05) is 36.4 Å². The molecule has 4 aromatic heterocycles. The molecule has 0 unspecified atom stereocenters. The van der Waals surface area contributed by atoms with Crippen LogP contribution in [-0.2, 0) is 17.9 Å². The molecule has 5 aromatic rings. The molecule has 4 heterocycles. The van der Waals surface area contributed by atoms with E-state index in [1.165, 1.54) is 0 Å². The maximum absolute atomic E-state index is 6.01. The Morgan fingerprint density at radius 2 is 1.14 bits per heavy atom. The third-order valence-corrected chi connectivity index (χ3v) is 7.31. The first-order valence-electron chi connectivity index (χ1n) is 11.4. The molecule has 0 N–H and O–H groups in total. The van der Waals surface area contributed by atoms with E-state index in [1.807, 2.05) is 78.9 Å². The number of pyridine rings is 2. The molecule has 0 aliphatic carbocycles. The SMILES string of the molecule is CC(C)(C)[CH]=[Mo+2]=[N]c1c(Cl)cccc1Cl.c1cc[n-]c1.c1cc[n-]c1.c1ccc(-c2ccccn2)nc1. The van der Waals surface area contributed by atoms with E-state index in [1.54, 1.807) is 37.2 Å². The van der Waals surface area contributed by atoms with E-state index in [2.05, 4.69) is 48.6 Å². The minimum Gasteiger partial charge on any atom is -0.670 e. The third-order valence-electron chi connectivity index (χ3n) is 3.99. The molecule has 0 radical (unpaired) electrons. The van der Waals surface area contributed by atoms with Crippen molar-refractivity contribution in [1.82, 2.24) is 19.9 Å². The zero-order valence-electron chi connectivity index (χ0n) is 20.9. The standard InChI is InChI=1S/C10H8N2.C6H3Cl2N.C5H10.2C4H4N.Mo/c1-3-7-11-9(5-1)10-6-2-4-8-12-10;7-4-2-1-3-5(8)6(4)9;1-5(2,3)4;2*1-2-4-5-3-1;/h1-8H;1-3H;1H,2-4H3;2*1-4H;/q;;;2*-1;+2. The van der Waals surface area contributed by atoms with E-state index in [0.717, 1.165) is 17.1 Å². The van der Waals surface area contributed by atoms with Crippen LogP contribution in [0.3, 0.4) is 0 Å². The van der Waals surface area contributed by atoms with Crippen LogP contribution in [0.5, 0.6) is 0 Å². The second kappa shape index (κ2) is 17.5. The molecule has 0 fully saturated rings. The molecule has 0 bridgehead atoms. The molecule has 37 heavy (non-hydrogen) atoms. The monoisotopic (exact) mass is 615 g/mol. The van der Waals surface area contributed by atoms with Crippen molar-refractivity contribution in [3.05, 3.63) is 126 Å². The number of benzene rings is 1. The van der Waals surface area contributed by atoms with E-state index in [4.69, 9.17) is 23.2 Å². The normalized spacial score (nSPS) is 9.65. The summed E-state index contributed by atoms with van der Waals surface area (Å²) < 4.78 is 6.76. The van der Waals surface area contributed by atoms with Crippen molar-refractivity contribution in [1.29, 1.82) is 0 Å². The zero-order valence-corrected chi connectivity index (χ0v) is 24.5. The summed E-state index contributed by atoms with van der Waals surface area (Å²) in [7, 11) is 0. The summed E-state index contributed by atoms with van der Waals surface area (Å²) >= 11 is 11.5. The van der Waals surface area contributed by atoms with E-state index in [9.17, 15) is 0 Å². The first-order chi connectivity index (χ1) is 17.9. The minimum atomic E-state index is -0.524. The second-order valence-corrected chi connectivity index (χ2v) is 10.7. The smallest absolute Gasteiger partial charge is 0.0886 e. The molecule has 5 rings (SSSR count). The van der Waals surface area contributed by atoms with Gasteiger partial charge < -0.3 is 9.97 Å². The van der Waals surface area contributed by atoms with Crippen LogP contribution in [0.2, 0.25) is 10.0 Å². The summed E-state index contributed by atoms with van der Waals surface area (Å²) in [6, 6.07) is 24.6. The van der Waals surface area contributed by atoms with Crippen molar-refractivity contribution >= 4 is 33.3 Å². The molecule has 8 heteroatoms. The molecule has 190 valence electrons. The van der Waals surface area contributed by atoms with Crippen molar-refractivity contribution in [2.45, 2.75) is 20.8 Å². The summed E-state index contributed by atoms with van der Waals surface area (Å²) in [5.74, 6) is 0. The fourth-order valence-corrected chi connectivity index (χ4v) is 4.74. The van der Waals surface area contributed by atoms with Gasteiger partial charge in [0.1, 0.15) is 0 Å². The van der Waals surface area contributed by atoms with Crippen molar-refractivity contribution in [2.75, 3.05) is 0 Å². The topological polar surface area (TPSA) is 66.3 Å². The van der Waals surface area contributed by atoms with Gasteiger partial charge in [-0.3, -0.25) is 9.97 Å². The van der Waals surface area contributed by atoms with Gasteiger partial charge >= 0.3 is 109 Å². The van der Waals surface area contributed by atoms with Gasteiger partial charge in [0.2, 0.25) is 0 Å². The Morgan fingerprint density at radius 3 is 1.46 bits per heavy atom. The van der Waals surface area contributed by atoms with Crippen LogP contribution in [-0.4, -0.2) is 14.4 Å². The second-order valence-electron chi connectivity index (χ2n) is 8.35. The molecule has 0 aliphatic rings. The molecule has 0 saturated carbocycles. The molecule has 0 spiro atoms. The Labute approximate surface area is 237 Å². The number of rotatable bonds is 2. The predicted octanol–water partition coefficient (Wildman–Crippen LogP) is 8.17. The minimum absolute atomic E-state index is 0.222. The summed E-state index contributed by atoms with van der Waals surface area (Å²) in [5.41, 5.74) is 2.79. The van der Waals surface area contributed by atoms with Gasteiger partial charge in [-0.15, -0.1) is 0 Å². The number of aromatic nitrogens is 4. The molecule has 0 atom stereocenters. The van der Waals surface area contributed by atoms with Crippen molar-refractivity contribution in [3.8, 4) is 11.4 Å². The Bertz CT molecular complexity index is 1180. The average molecular weight is 614 g/mol. The van der Waals surface area contributed by atoms with Gasteiger partial charge in [-0.05, 0) is 24.3 Å². The Hall–Kier alpha value is -2.98. The van der Waals surface area contributed by atoms with E-state index >= 15 is 0 Å². The van der Waals surface area contributed by atoms with Gasteiger partial charge in [-0.2, -0.15) is 24.8 Å². The first-order valence-corrected chi connectivity index (χ1v) is 14.2. The van der Waals surface area contributed by atoms with E-state index < -0.39 is 17.9 Å². The first kappa shape index (κ1) is 30.2. The van der Waals surface area contributed by atoms with Crippen LogP contribution in [0.4, 0.5) is 5.69 Å². The molecule has 0 amide bonds. The predicted molar refractivity (Wildman–Crippen MR) is 151 cm³/mol. The molecular formula is C29H29Cl2MoN5. The maximum atomic E-state index is 6.01. The fourth-order valence-electron chi connectivity index (χ4n) is 2.34. The fraction of sp³-hybridized carbons (Fsp3) is 0.138. The quantitative estimate of drug-likeness (QED) is 0.188. The van der Waals surface area contributed by atoms with Crippen LogP contribution >= 0.6 is 23.2 Å². The summed E-state index contributed by atoms with van der Waals surface area (Å²) in [5, 5.41) is 1.27. The van der Waals surface area contributed by atoms with Gasteiger partial charge in [0.05, 0.1) is 11.4 Å². The number of hydrogen-bond donors (Lipinski definition) is 0.